The van der Waals surface area contributed by atoms with Gasteiger partial charge in [0, 0.05) is 29.1 Å². The van der Waals surface area contributed by atoms with Crippen LogP contribution in [0.15, 0.2) is 18.2 Å². The quantitative estimate of drug-likeness (QED) is 0.740. The summed E-state index contributed by atoms with van der Waals surface area (Å²) in [6.45, 7) is 1.91. The van der Waals surface area contributed by atoms with E-state index in [0.717, 1.165) is 22.2 Å². The van der Waals surface area contributed by atoms with Gasteiger partial charge in [-0.1, -0.05) is 0 Å². The van der Waals surface area contributed by atoms with Crippen molar-refractivity contribution < 1.29 is 15.0 Å². The first-order valence-electron chi connectivity index (χ1n) is 5.10. The molecule has 0 fully saturated rings. The van der Waals surface area contributed by atoms with Gasteiger partial charge in [0.2, 0.25) is 0 Å². The zero-order valence-electron chi connectivity index (χ0n) is 8.95. The maximum atomic E-state index is 10.5. The van der Waals surface area contributed by atoms with Crippen LogP contribution in [0, 0.1) is 6.92 Å². The average Bonchev–Trinajstić information content (AvgIpc) is 2.50. The number of aryl methyl sites for hydroxylation is 2. The van der Waals surface area contributed by atoms with Crippen LogP contribution in [0.4, 0.5) is 0 Å². The summed E-state index contributed by atoms with van der Waals surface area (Å²) in [4.78, 5) is 13.7. The molecule has 0 bridgehead atoms. The van der Waals surface area contributed by atoms with Gasteiger partial charge in [0.1, 0.15) is 5.75 Å². The average molecular weight is 219 g/mol. The predicted molar refractivity (Wildman–Crippen MR) is 60.7 cm³/mol. The fourth-order valence-electron chi connectivity index (χ4n) is 1.93. The highest BCUT2D eigenvalue weighted by Gasteiger charge is 2.10. The number of fused-ring (bicyclic) bond motifs is 1. The van der Waals surface area contributed by atoms with Crippen LogP contribution in [-0.4, -0.2) is 21.2 Å². The number of carbonyl (C=O) groups is 1. The van der Waals surface area contributed by atoms with Crippen molar-refractivity contribution in [2.45, 2.75) is 19.8 Å². The molecular formula is C12H13NO3. The Morgan fingerprint density at radius 2 is 2.19 bits per heavy atom. The SMILES string of the molecule is Cc1[nH]c2cc(O)ccc2c1CCC(=O)O. The Kier molecular flexibility index (Phi) is 2.56. The summed E-state index contributed by atoms with van der Waals surface area (Å²) in [6.07, 6.45) is 0.626. The summed E-state index contributed by atoms with van der Waals surface area (Å²) in [6, 6.07) is 5.07. The Morgan fingerprint density at radius 1 is 1.44 bits per heavy atom. The number of H-pyrrole nitrogens is 1. The van der Waals surface area contributed by atoms with E-state index in [2.05, 4.69) is 4.98 Å². The second kappa shape index (κ2) is 3.89. The van der Waals surface area contributed by atoms with Gasteiger partial charge in [0.15, 0.2) is 0 Å². The highest BCUT2D eigenvalue weighted by atomic mass is 16.4. The van der Waals surface area contributed by atoms with Crippen LogP contribution in [0.3, 0.4) is 0 Å². The molecule has 1 heterocycles. The number of benzene rings is 1. The number of aromatic amines is 1. The summed E-state index contributed by atoms with van der Waals surface area (Å²) in [7, 11) is 0. The van der Waals surface area contributed by atoms with Gasteiger partial charge in [-0.25, -0.2) is 0 Å². The zero-order valence-corrected chi connectivity index (χ0v) is 8.95. The van der Waals surface area contributed by atoms with Crippen molar-refractivity contribution in [3.8, 4) is 5.75 Å². The Bertz CT molecular complexity index is 542. The minimum atomic E-state index is -0.799. The van der Waals surface area contributed by atoms with Crippen molar-refractivity contribution in [1.82, 2.24) is 4.98 Å². The van der Waals surface area contributed by atoms with Gasteiger partial charge in [0.25, 0.3) is 0 Å². The van der Waals surface area contributed by atoms with Crippen molar-refractivity contribution in [2.75, 3.05) is 0 Å². The van der Waals surface area contributed by atoms with Crippen LogP contribution in [0.2, 0.25) is 0 Å². The topological polar surface area (TPSA) is 73.3 Å². The fourth-order valence-corrected chi connectivity index (χ4v) is 1.93. The maximum absolute atomic E-state index is 10.5. The van der Waals surface area contributed by atoms with Crippen LogP contribution < -0.4 is 0 Å². The number of aromatic nitrogens is 1. The van der Waals surface area contributed by atoms with E-state index in [1.54, 1.807) is 12.1 Å². The van der Waals surface area contributed by atoms with Gasteiger partial charge in [-0.3, -0.25) is 4.79 Å². The summed E-state index contributed by atoms with van der Waals surface area (Å²) in [5.74, 6) is -0.592. The first-order valence-corrected chi connectivity index (χ1v) is 5.10. The minimum absolute atomic E-state index is 0.120. The number of phenols is 1. The summed E-state index contributed by atoms with van der Waals surface area (Å²) < 4.78 is 0. The maximum Gasteiger partial charge on any atom is 0.303 e. The third-order valence-electron chi connectivity index (χ3n) is 2.69. The van der Waals surface area contributed by atoms with Crippen molar-refractivity contribution in [2.24, 2.45) is 0 Å². The van der Waals surface area contributed by atoms with Gasteiger partial charge in [-0.2, -0.15) is 0 Å². The molecule has 1 aromatic heterocycles. The predicted octanol–water partition coefficient (Wildman–Crippen LogP) is 2.20. The van der Waals surface area contributed by atoms with E-state index >= 15 is 0 Å². The van der Waals surface area contributed by atoms with E-state index in [0.29, 0.717) is 6.42 Å². The number of carboxylic acids is 1. The van der Waals surface area contributed by atoms with Crippen molar-refractivity contribution in [1.29, 1.82) is 0 Å². The lowest BCUT2D eigenvalue weighted by atomic mass is 10.1. The first kappa shape index (κ1) is 10.5. The van der Waals surface area contributed by atoms with Crippen LogP contribution in [-0.2, 0) is 11.2 Å². The number of carboxylic acid groups (broad SMARTS) is 1. The highest BCUT2D eigenvalue weighted by Crippen LogP contribution is 2.26. The van der Waals surface area contributed by atoms with Crippen molar-refractivity contribution in [3.63, 3.8) is 0 Å². The highest BCUT2D eigenvalue weighted by molar-refractivity contribution is 5.86. The lowest BCUT2D eigenvalue weighted by Gasteiger charge is -1.98. The van der Waals surface area contributed by atoms with Crippen LogP contribution in [0.25, 0.3) is 10.9 Å². The van der Waals surface area contributed by atoms with Gasteiger partial charge < -0.3 is 15.2 Å². The number of aliphatic carboxylic acids is 1. The van der Waals surface area contributed by atoms with Crippen LogP contribution in [0.5, 0.6) is 5.75 Å². The van der Waals surface area contributed by atoms with Gasteiger partial charge in [-0.05, 0) is 31.0 Å². The number of aromatic hydroxyl groups is 1. The molecule has 0 atom stereocenters. The molecule has 0 spiro atoms. The van der Waals surface area contributed by atoms with E-state index in [1.807, 2.05) is 13.0 Å². The largest absolute Gasteiger partial charge is 0.508 e. The molecule has 2 aromatic rings. The molecule has 0 aliphatic carbocycles. The van der Waals surface area contributed by atoms with Crippen molar-refractivity contribution in [3.05, 3.63) is 29.5 Å². The Hall–Kier alpha value is -1.97. The second-order valence-corrected chi connectivity index (χ2v) is 3.85. The molecule has 4 nitrogen and oxygen atoms in total. The molecule has 2 rings (SSSR count). The molecule has 1 aromatic carbocycles. The van der Waals surface area contributed by atoms with E-state index in [9.17, 15) is 9.90 Å². The standard InChI is InChI=1S/C12H13NO3/c1-7-9(4-5-12(15)16)10-3-2-8(14)6-11(10)13-7/h2-3,6,13-14H,4-5H2,1H3,(H,15,16). The molecular weight excluding hydrogens is 206 g/mol. The second-order valence-electron chi connectivity index (χ2n) is 3.85. The smallest absolute Gasteiger partial charge is 0.303 e. The monoisotopic (exact) mass is 219 g/mol. The summed E-state index contributed by atoms with van der Waals surface area (Å²) in [5.41, 5.74) is 2.82. The molecule has 3 N–H and O–H groups in total. The Labute approximate surface area is 92.5 Å². The molecule has 0 saturated carbocycles. The van der Waals surface area contributed by atoms with E-state index < -0.39 is 5.97 Å². The van der Waals surface area contributed by atoms with Crippen LogP contribution in [0.1, 0.15) is 17.7 Å². The lowest BCUT2D eigenvalue weighted by molar-refractivity contribution is -0.136. The van der Waals surface area contributed by atoms with Gasteiger partial charge >= 0.3 is 5.97 Å². The first-order chi connectivity index (χ1) is 7.58. The van der Waals surface area contributed by atoms with E-state index in [4.69, 9.17) is 5.11 Å². The minimum Gasteiger partial charge on any atom is -0.508 e. The molecule has 0 radical (unpaired) electrons. The molecule has 4 heteroatoms. The third kappa shape index (κ3) is 1.86. The third-order valence-corrected chi connectivity index (χ3v) is 2.69. The molecule has 0 unspecified atom stereocenters. The molecule has 0 aliphatic heterocycles. The summed E-state index contributed by atoms with van der Waals surface area (Å²) in [5, 5.41) is 19.0. The molecule has 16 heavy (non-hydrogen) atoms. The van der Waals surface area contributed by atoms with Gasteiger partial charge in [-0.15, -0.1) is 0 Å². The number of phenolic OH excluding ortho intramolecular Hbond substituents is 1. The van der Waals surface area contributed by atoms with Gasteiger partial charge in [0.05, 0.1) is 0 Å². The Morgan fingerprint density at radius 3 is 2.88 bits per heavy atom. The number of hydrogen-bond donors (Lipinski definition) is 3. The van der Waals surface area contributed by atoms with Crippen molar-refractivity contribution >= 4 is 16.9 Å². The normalized spacial score (nSPS) is 10.8. The van der Waals surface area contributed by atoms with E-state index in [1.165, 1.54) is 0 Å². The number of rotatable bonds is 3. The number of nitrogens with one attached hydrogen (secondary N) is 1. The fraction of sp³-hybridized carbons (Fsp3) is 0.250. The number of hydrogen-bond acceptors (Lipinski definition) is 2. The molecule has 0 amide bonds. The Balaban J connectivity index is 2.43. The molecule has 84 valence electrons. The van der Waals surface area contributed by atoms with Crippen LogP contribution >= 0.6 is 0 Å². The molecule has 0 aliphatic rings. The zero-order chi connectivity index (χ0) is 11.7. The molecule has 0 saturated heterocycles. The van der Waals surface area contributed by atoms with E-state index in [-0.39, 0.29) is 12.2 Å². The lowest BCUT2D eigenvalue weighted by Crippen LogP contribution is -1.97. The summed E-state index contributed by atoms with van der Waals surface area (Å²) >= 11 is 0.